The maximum Gasteiger partial charge on any atom is 0.241 e. The molecule has 2 aromatic carbocycles. The summed E-state index contributed by atoms with van der Waals surface area (Å²) < 4.78 is 38.6. The van der Waals surface area contributed by atoms with Crippen LogP contribution in [-0.2, 0) is 26.0 Å². The van der Waals surface area contributed by atoms with Gasteiger partial charge in [0, 0.05) is 19.8 Å². The third-order valence-electron chi connectivity index (χ3n) is 4.30. The summed E-state index contributed by atoms with van der Waals surface area (Å²) >= 11 is 6.07. The average molecular weight is 455 g/mol. The minimum atomic E-state index is -3.99. The van der Waals surface area contributed by atoms with Gasteiger partial charge >= 0.3 is 0 Å². The highest BCUT2D eigenvalue weighted by Crippen LogP contribution is 2.27. The van der Waals surface area contributed by atoms with Crippen molar-refractivity contribution < 1.29 is 22.7 Å². The van der Waals surface area contributed by atoms with Crippen molar-refractivity contribution in [1.29, 1.82) is 0 Å². The van der Waals surface area contributed by atoms with Gasteiger partial charge in [-0.3, -0.25) is 4.79 Å². The lowest BCUT2D eigenvalue weighted by molar-refractivity contribution is -0.122. The number of ether oxygens (including phenoxy) is 2. The van der Waals surface area contributed by atoms with Crippen LogP contribution in [0.5, 0.6) is 5.75 Å². The Hall–Kier alpha value is -2.13. The van der Waals surface area contributed by atoms with Crippen molar-refractivity contribution in [2.45, 2.75) is 30.7 Å². The number of rotatable bonds is 12. The molecule has 2 aromatic rings. The number of halogens is 1. The summed E-state index contributed by atoms with van der Waals surface area (Å²) in [7, 11) is -2.54. The number of carbonyl (C=O) groups excluding carboxylic acids is 1. The van der Waals surface area contributed by atoms with Crippen molar-refractivity contribution in [3.05, 3.63) is 59.1 Å². The summed E-state index contributed by atoms with van der Waals surface area (Å²) in [6, 6.07) is 12.4. The third kappa shape index (κ3) is 7.28. The highest BCUT2D eigenvalue weighted by molar-refractivity contribution is 7.89. The molecule has 1 amide bonds. The fraction of sp³-hybridized carbons (Fsp3) is 0.381. The molecule has 0 aliphatic carbocycles. The first-order valence-electron chi connectivity index (χ1n) is 9.62. The molecule has 30 heavy (non-hydrogen) atoms. The quantitative estimate of drug-likeness (QED) is 0.481. The molecule has 0 radical (unpaired) electrons. The molecule has 0 aromatic heterocycles. The van der Waals surface area contributed by atoms with Crippen LogP contribution in [0.1, 0.15) is 18.9 Å². The van der Waals surface area contributed by atoms with E-state index in [1.54, 1.807) is 0 Å². The second-order valence-corrected chi connectivity index (χ2v) is 8.62. The molecule has 0 heterocycles. The van der Waals surface area contributed by atoms with E-state index in [0.717, 1.165) is 5.56 Å². The Kier molecular flexibility index (Phi) is 9.58. The van der Waals surface area contributed by atoms with Gasteiger partial charge in [-0.25, -0.2) is 8.42 Å². The molecule has 7 nitrogen and oxygen atoms in total. The van der Waals surface area contributed by atoms with E-state index in [0.29, 0.717) is 31.9 Å². The van der Waals surface area contributed by atoms with Gasteiger partial charge in [-0.05, 0) is 43.5 Å². The maximum atomic E-state index is 12.9. The number of hydrogen-bond donors (Lipinski definition) is 2. The standard InChI is InChI=1S/C21H27ClN2O5S/c1-3-29-13-7-12-23-21(25)19(14-16-8-5-4-6-9-16)24-30(26,27)17-10-11-20(28-2)18(22)15-17/h4-6,8-11,15,19,24H,3,7,12-14H2,1-2H3,(H,23,25)/t19-/m1/s1. The van der Waals surface area contributed by atoms with Crippen molar-refractivity contribution in [3.63, 3.8) is 0 Å². The van der Waals surface area contributed by atoms with Gasteiger partial charge < -0.3 is 14.8 Å². The lowest BCUT2D eigenvalue weighted by Gasteiger charge is -2.19. The van der Waals surface area contributed by atoms with E-state index in [1.807, 2.05) is 37.3 Å². The summed E-state index contributed by atoms with van der Waals surface area (Å²) in [4.78, 5) is 12.7. The SMILES string of the molecule is CCOCCCNC(=O)[C@@H](Cc1ccccc1)NS(=O)(=O)c1ccc(OC)c(Cl)c1. The van der Waals surface area contributed by atoms with Crippen LogP contribution in [0.4, 0.5) is 0 Å². The molecular weight excluding hydrogens is 428 g/mol. The van der Waals surface area contributed by atoms with Crippen molar-refractivity contribution in [3.8, 4) is 5.75 Å². The monoisotopic (exact) mass is 454 g/mol. The molecule has 1 atom stereocenters. The van der Waals surface area contributed by atoms with Crippen molar-refractivity contribution in [2.75, 3.05) is 26.9 Å². The predicted octanol–water partition coefficient (Wildman–Crippen LogP) is 2.78. The smallest absolute Gasteiger partial charge is 0.241 e. The van der Waals surface area contributed by atoms with Gasteiger partial charge in [0.1, 0.15) is 11.8 Å². The first-order valence-corrected chi connectivity index (χ1v) is 11.5. The second kappa shape index (κ2) is 11.9. The lowest BCUT2D eigenvalue weighted by Crippen LogP contribution is -2.48. The first-order chi connectivity index (χ1) is 14.4. The number of hydrogen-bond acceptors (Lipinski definition) is 5. The fourth-order valence-electron chi connectivity index (χ4n) is 2.76. The van der Waals surface area contributed by atoms with Crippen LogP contribution in [0.3, 0.4) is 0 Å². The van der Waals surface area contributed by atoms with E-state index >= 15 is 0 Å². The number of sulfonamides is 1. The Morgan fingerprint density at radius 2 is 1.90 bits per heavy atom. The molecule has 0 aliphatic rings. The summed E-state index contributed by atoms with van der Waals surface area (Å²) in [5.41, 5.74) is 0.836. The van der Waals surface area contributed by atoms with Gasteiger partial charge in [-0.2, -0.15) is 4.72 Å². The maximum absolute atomic E-state index is 12.9. The van der Waals surface area contributed by atoms with E-state index in [1.165, 1.54) is 25.3 Å². The molecule has 0 fully saturated rings. The Bertz CT molecular complexity index is 922. The zero-order chi connectivity index (χ0) is 22.0. The molecule has 0 aliphatic heterocycles. The van der Waals surface area contributed by atoms with Gasteiger partial charge in [-0.1, -0.05) is 41.9 Å². The number of nitrogens with one attached hydrogen (secondary N) is 2. The number of amides is 1. The molecule has 2 rings (SSSR count). The topological polar surface area (TPSA) is 93.7 Å². The van der Waals surface area contributed by atoms with Gasteiger partial charge in [0.2, 0.25) is 15.9 Å². The van der Waals surface area contributed by atoms with Gasteiger partial charge in [0.25, 0.3) is 0 Å². The van der Waals surface area contributed by atoms with E-state index in [4.69, 9.17) is 21.1 Å². The molecule has 0 bridgehead atoms. The van der Waals surface area contributed by atoms with Crippen LogP contribution in [-0.4, -0.2) is 47.2 Å². The Morgan fingerprint density at radius 1 is 1.17 bits per heavy atom. The van der Waals surface area contributed by atoms with E-state index in [9.17, 15) is 13.2 Å². The molecule has 9 heteroatoms. The predicted molar refractivity (Wildman–Crippen MR) is 116 cm³/mol. The zero-order valence-electron chi connectivity index (χ0n) is 17.1. The largest absolute Gasteiger partial charge is 0.495 e. The highest BCUT2D eigenvalue weighted by atomic mass is 35.5. The number of carbonyl (C=O) groups is 1. The zero-order valence-corrected chi connectivity index (χ0v) is 18.6. The van der Waals surface area contributed by atoms with Crippen molar-refractivity contribution in [1.82, 2.24) is 10.0 Å². The van der Waals surface area contributed by atoms with Crippen LogP contribution in [0.25, 0.3) is 0 Å². The van der Waals surface area contributed by atoms with Gasteiger partial charge in [-0.15, -0.1) is 0 Å². The summed E-state index contributed by atoms with van der Waals surface area (Å²) in [5.74, 6) is -0.0398. The molecule has 164 valence electrons. The van der Waals surface area contributed by atoms with E-state index < -0.39 is 22.0 Å². The summed E-state index contributed by atoms with van der Waals surface area (Å²) in [6.45, 7) is 3.42. The van der Waals surface area contributed by atoms with Gasteiger partial charge in [0.15, 0.2) is 0 Å². The highest BCUT2D eigenvalue weighted by Gasteiger charge is 2.26. The molecule has 2 N–H and O–H groups in total. The van der Waals surface area contributed by atoms with Crippen molar-refractivity contribution in [2.24, 2.45) is 0 Å². The van der Waals surface area contributed by atoms with Gasteiger partial charge in [0.05, 0.1) is 17.0 Å². The lowest BCUT2D eigenvalue weighted by atomic mass is 10.1. The fourth-order valence-corrected chi connectivity index (χ4v) is 4.30. The minimum Gasteiger partial charge on any atom is -0.495 e. The van der Waals surface area contributed by atoms with Crippen molar-refractivity contribution >= 4 is 27.5 Å². The first kappa shape index (κ1) is 24.1. The Labute approximate surface area is 182 Å². The van der Waals surface area contributed by atoms with Crippen LogP contribution in [0.15, 0.2) is 53.4 Å². The summed E-state index contributed by atoms with van der Waals surface area (Å²) in [6.07, 6.45) is 0.847. The van der Waals surface area contributed by atoms with Crippen LogP contribution >= 0.6 is 11.6 Å². The second-order valence-electron chi connectivity index (χ2n) is 6.50. The normalized spacial score (nSPS) is 12.4. The Balaban J connectivity index is 2.16. The third-order valence-corrected chi connectivity index (χ3v) is 6.06. The minimum absolute atomic E-state index is 0.0458. The Morgan fingerprint density at radius 3 is 2.53 bits per heavy atom. The van der Waals surface area contributed by atoms with Crippen LogP contribution < -0.4 is 14.8 Å². The molecule has 0 saturated heterocycles. The van der Waals surface area contributed by atoms with E-state index in [-0.39, 0.29) is 16.3 Å². The molecule has 0 saturated carbocycles. The molecular formula is C21H27ClN2O5S. The number of methoxy groups -OCH3 is 1. The van der Waals surface area contributed by atoms with Crippen LogP contribution in [0.2, 0.25) is 5.02 Å². The van der Waals surface area contributed by atoms with E-state index in [2.05, 4.69) is 10.0 Å². The average Bonchev–Trinajstić information content (AvgIpc) is 2.73. The number of benzene rings is 2. The molecule has 0 unspecified atom stereocenters. The van der Waals surface area contributed by atoms with Crippen LogP contribution in [0, 0.1) is 0 Å². The summed E-state index contributed by atoms with van der Waals surface area (Å²) in [5, 5.41) is 2.94. The molecule has 0 spiro atoms.